The van der Waals surface area contributed by atoms with Crippen molar-refractivity contribution in [2.24, 2.45) is 0 Å². The molecule has 0 unspecified atom stereocenters. The van der Waals surface area contributed by atoms with Gasteiger partial charge in [-0.15, -0.1) is 0 Å². The Labute approximate surface area is 198 Å². The average molecular weight is 493 g/mol. The van der Waals surface area contributed by atoms with E-state index in [9.17, 15) is 29.7 Å². The molecule has 2 rings (SSSR count). The molecule has 2 aliphatic rings. The number of hydrogen-bond donors (Lipinski definition) is 3. The fraction of sp³-hybridized carbons (Fsp3) is 0.864. The molecule has 0 aliphatic carbocycles. The summed E-state index contributed by atoms with van der Waals surface area (Å²) >= 11 is 0. The summed E-state index contributed by atoms with van der Waals surface area (Å²) in [4.78, 5) is 35.7. The van der Waals surface area contributed by atoms with Gasteiger partial charge in [-0.3, -0.25) is 14.4 Å². The molecule has 12 nitrogen and oxygen atoms in total. The molecule has 0 aromatic rings. The van der Waals surface area contributed by atoms with Crippen LogP contribution >= 0.6 is 0 Å². The first-order chi connectivity index (χ1) is 16.0. The van der Waals surface area contributed by atoms with Crippen molar-refractivity contribution < 1.29 is 58.1 Å². The molecule has 2 saturated heterocycles. The second-order valence-electron chi connectivity index (χ2n) is 8.58. The van der Waals surface area contributed by atoms with Crippen LogP contribution in [-0.4, -0.2) is 94.6 Å². The third kappa shape index (κ3) is 7.33. The normalized spacial score (nSPS) is 38.1. The van der Waals surface area contributed by atoms with Gasteiger partial charge in [-0.1, -0.05) is 19.8 Å². The van der Waals surface area contributed by atoms with E-state index in [1.165, 1.54) is 13.8 Å². The van der Waals surface area contributed by atoms with Crippen LogP contribution in [0.2, 0.25) is 0 Å². The van der Waals surface area contributed by atoms with Crippen LogP contribution in [-0.2, 0) is 42.8 Å². The van der Waals surface area contributed by atoms with E-state index in [2.05, 4.69) is 0 Å². The lowest BCUT2D eigenvalue weighted by Crippen LogP contribution is -2.64. The summed E-state index contributed by atoms with van der Waals surface area (Å²) in [5.41, 5.74) is 0. The van der Waals surface area contributed by atoms with E-state index in [4.69, 9.17) is 28.4 Å². The molecule has 0 radical (unpaired) electrons. The molecular formula is C22H36O12. The van der Waals surface area contributed by atoms with Gasteiger partial charge < -0.3 is 43.7 Å². The Morgan fingerprint density at radius 3 is 1.97 bits per heavy atom. The lowest BCUT2D eigenvalue weighted by atomic mass is 9.97. The Kier molecular flexibility index (Phi) is 10.7. The number of ether oxygens (including phenoxy) is 6. The predicted octanol–water partition coefficient (Wildman–Crippen LogP) is -0.0692. The lowest BCUT2D eigenvalue weighted by Gasteiger charge is -2.46. The highest BCUT2D eigenvalue weighted by Crippen LogP contribution is 2.32. The quantitative estimate of drug-likeness (QED) is 0.223. The molecule has 34 heavy (non-hydrogen) atoms. The van der Waals surface area contributed by atoms with Crippen LogP contribution in [0.25, 0.3) is 0 Å². The summed E-state index contributed by atoms with van der Waals surface area (Å²) in [6.07, 6.45) is -10.6. The molecule has 2 aliphatic heterocycles. The molecule has 196 valence electrons. The third-order valence-electron chi connectivity index (χ3n) is 5.67. The smallest absolute Gasteiger partial charge is 0.306 e. The van der Waals surface area contributed by atoms with Gasteiger partial charge in [0.2, 0.25) is 0 Å². The minimum Gasteiger partial charge on any atom is -0.457 e. The van der Waals surface area contributed by atoms with Gasteiger partial charge in [-0.2, -0.15) is 0 Å². The van der Waals surface area contributed by atoms with Crippen molar-refractivity contribution in [3.63, 3.8) is 0 Å². The van der Waals surface area contributed by atoms with Gasteiger partial charge in [-0.25, -0.2) is 0 Å². The second-order valence-corrected chi connectivity index (χ2v) is 8.58. The van der Waals surface area contributed by atoms with Gasteiger partial charge >= 0.3 is 17.9 Å². The summed E-state index contributed by atoms with van der Waals surface area (Å²) in [5, 5.41) is 31.2. The highest BCUT2D eigenvalue weighted by molar-refractivity contribution is 5.69. The fourth-order valence-corrected chi connectivity index (χ4v) is 3.95. The monoisotopic (exact) mass is 492 g/mol. The van der Waals surface area contributed by atoms with Crippen molar-refractivity contribution in [2.75, 3.05) is 0 Å². The molecule has 2 fully saturated rings. The molecular weight excluding hydrogens is 456 g/mol. The maximum Gasteiger partial charge on any atom is 0.306 e. The molecule has 0 saturated carbocycles. The van der Waals surface area contributed by atoms with E-state index in [0.717, 1.165) is 26.7 Å². The number of unbranched alkanes of at least 4 members (excludes halogenated alkanes) is 2. The molecule has 0 aromatic carbocycles. The minimum atomic E-state index is -1.65. The first-order valence-corrected chi connectivity index (χ1v) is 11.5. The molecule has 12 heteroatoms. The zero-order valence-electron chi connectivity index (χ0n) is 20.1. The molecule has 2 heterocycles. The van der Waals surface area contributed by atoms with Gasteiger partial charge in [0.25, 0.3) is 0 Å². The van der Waals surface area contributed by atoms with Crippen LogP contribution in [0.15, 0.2) is 0 Å². The van der Waals surface area contributed by atoms with E-state index in [1.54, 1.807) is 0 Å². The maximum absolute atomic E-state index is 12.4. The van der Waals surface area contributed by atoms with Gasteiger partial charge in [0.15, 0.2) is 30.9 Å². The number of carbonyl (C=O) groups excluding carboxylic acids is 3. The fourth-order valence-electron chi connectivity index (χ4n) is 3.95. The van der Waals surface area contributed by atoms with E-state index in [0.29, 0.717) is 6.42 Å². The van der Waals surface area contributed by atoms with Crippen molar-refractivity contribution in [3.8, 4) is 0 Å². The second kappa shape index (κ2) is 12.8. The zero-order chi connectivity index (χ0) is 25.6. The van der Waals surface area contributed by atoms with Gasteiger partial charge in [-0.05, 0) is 20.3 Å². The first-order valence-electron chi connectivity index (χ1n) is 11.5. The number of carbonyl (C=O) groups is 3. The summed E-state index contributed by atoms with van der Waals surface area (Å²) in [6.45, 7) is 7.26. The summed E-state index contributed by atoms with van der Waals surface area (Å²) in [7, 11) is 0. The zero-order valence-corrected chi connectivity index (χ0v) is 20.1. The predicted molar refractivity (Wildman–Crippen MR) is 113 cm³/mol. The standard InChI is InChI=1S/C22H36O12/c1-6-7-8-9-14(25)33-17-11(3)29-21(28)16(27)19(17)34-22-20(32-13(5)24)18(31-12(4)23)15(26)10(2)30-22/h10-11,15-22,26-28H,6-9H2,1-5H3/t10-,11-,15-,16+,17-,18+,19-,20+,21+,22-/m0/s1. The SMILES string of the molecule is CCCCCC(=O)O[C@@H]1[C@@H](O[C@@H]2O[C@@H](C)[C@H](O)[C@@H](OC(C)=O)[C@H]2OC(C)=O)[C@@H](O)[C@H](O)O[C@H]1C. The highest BCUT2D eigenvalue weighted by Gasteiger charge is 2.53. The van der Waals surface area contributed by atoms with Crippen molar-refractivity contribution in [1.29, 1.82) is 0 Å². The highest BCUT2D eigenvalue weighted by atomic mass is 16.7. The summed E-state index contributed by atoms with van der Waals surface area (Å²) in [5.74, 6) is -2.03. The van der Waals surface area contributed by atoms with Crippen LogP contribution in [0.5, 0.6) is 0 Å². The Balaban J connectivity index is 2.29. The molecule has 0 bridgehead atoms. The van der Waals surface area contributed by atoms with Crippen LogP contribution in [0, 0.1) is 0 Å². The number of esters is 3. The van der Waals surface area contributed by atoms with Crippen molar-refractivity contribution in [2.45, 2.75) is 122 Å². The lowest BCUT2D eigenvalue weighted by molar-refractivity contribution is -0.351. The van der Waals surface area contributed by atoms with Crippen molar-refractivity contribution >= 4 is 17.9 Å². The van der Waals surface area contributed by atoms with Crippen molar-refractivity contribution in [1.82, 2.24) is 0 Å². The first kappa shape index (κ1) is 28.4. The van der Waals surface area contributed by atoms with E-state index in [-0.39, 0.29) is 6.42 Å². The van der Waals surface area contributed by atoms with Crippen LogP contribution < -0.4 is 0 Å². The Hall–Kier alpha value is -1.83. The van der Waals surface area contributed by atoms with Crippen LogP contribution in [0.3, 0.4) is 0 Å². The molecule has 10 atom stereocenters. The van der Waals surface area contributed by atoms with Gasteiger partial charge in [0.05, 0.1) is 12.2 Å². The minimum absolute atomic E-state index is 0.149. The Bertz CT molecular complexity index is 699. The maximum atomic E-state index is 12.4. The molecule has 0 spiro atoms. The molecule has 0 aromatic heterocycles. The van der Waals surface area contributed by atoms with Crippen molar-refractivity contribution in [3.05, 3.63) is 0 Å². The Morgan fingerprint density at radius 2 is 1.38 bits per heavy atom. The largest absolute Gasteiger partial charge is 0.457 e. The number of aliphatic hydroxyl groups excluding tert-OH is 3. The van der Waals surface area contributed by atoms with Crippen LogP contribution in [0.1, 0.15) is 60.3 Å². The average Bonchev–Trinajstić information content (AvgIpc) is 2.74. The Morgan fingerprint density at radius 1 is 0.765 bits per heavy atom. The summed E-state index contributed by atoms with van der Waals surface area (Å²) in [6, 6.07) is 0. The van der Waals surface area contributed by atoms with E-state index < -0.39 is 79.3 Å². The third-order valence-corrected chi connectivity index (χ3v) is 5.67. The number of rotatable bonds is 9. The number of hydrogen-bond acceptors (Lipinski definition) is 12. The molecule has 0 amide bonds. The topological polar surface area (TPSA) is 167 Å². The van der Waals surface area contributed by atoms with Gasteiger partial charge in [0, 0.05) is 20.3 Å². The molecule has 3 N–H and O–H groups in total. The number of aliphatic hydroxyl groups is 3. The van der Waals surface area contributed by atoms with E-state index >= 15 is 0 Å². The van der Waals surface area contributed by atoms with Gasteiger partial charge in [0.1, 0.15) is 18.3 Å². The van der Waals surface area contributed by atoms with Crippen LogP contribution in [0.4, 0.5) is 0 Å². The van der Waals surface area contributed by atoms with E-state index in [1.807, 2.05) is 6.92 Å². The summed E-state index contributed by atoms with van der Waals surface area (Å²) < 4.78 is 32.8.